The van der Waals surface area contributed by atoms with Crippen LogP contribution in [-0.4, -0.2) is 22.1 Å². The Kier molecular flexibility index (Phi) is 1.83. The number of nitrogens with two attached hydrogens (primary N) is 1. The van der Waals surface area contributed by atoms with Crippen molar-refractivity contribution in [3.63, 3.8) is 0 Å². The van der Waals surface area contributed by atoms with Gasteiger partial charge in [0.1, 0.15) is 0 Å². The highest BCUT2D eigenvalue weighted by atomic mass is 16.1. The number of aromatic nitrogens is 2. The van der Waals surface area contributed by atoms with Crippen LogP contribution < -0.4 is 22.1 Å². The molecule has 1 aromatic heterocycles. The average molecular weight is 193 g/mol. The first-order chi connectivity index (χ1) is 6.58. The Labute approximate surface area is 79.6 Å². The van der Waals surface area contributed by atoms with Gasteiger partial charge in [-0.1, -0.05) is 0 Å². The van der Waals surface area contributed by atoms with Crippen LogP contribution in [0, 0.1) is 0 Å². The highest BCUT2D eigenvalue weighted by Gasteiger charge is 2.15. The maximum Gasteiger partial charge on any atom is 0.280 e. The largest absolute Gasteiger partial charge is 0.369 e. The molecule has 2 rings (SSSR count). The SMILES string of the molecule is C[C@@H]1N=c2c(nc(N)[nH]c2=O)=N[C@@H]1C. The van der Waals surface area contributed by atoms with Crippen LogP contribution >= 0.6 is 0 Å². The van der Waals surface area contributed by atoms with Crippen molar-refractivity contribution in [2.45, 2.75) is 25.9 Å². The number of hydrogen-bond donors (Lipinski definition) is 2. The maximum absolute atomic E-state index is 11.4. The summed E-state index contributed by atoms with van der Waals surface area (Å²) in [6, 6.07) is 0.0465. The first-order valence-electron chi connectivity index (χ1n) is 4.39. The molecular weight excluding hydrogens is 182 g/mol. The number of nitrogens with zero attached hydrogens (tertiary/aromatic N) is 3. The Bertz CT molecular complexity index is 532. The van der Waals surface area contributed by atoms with Gasteiger partial charge >= 0.3 is 0 Å². The summed E-state index contributed by atoms with van der Waals surface area (Å²) in [6.07, 6.45) is 0. The lowest BCUT2D eigenvalue weighted by molar-refractivity contribution is 0.552. The third kappa shape index (κ3) is 1.28. The summed E-state index contributed by atoms with van der Waals surface area (Å²) in [5.41, 5.74) is 5.41. The monoisotopic (exact) mass is 193 g/mol. The minimum absolute atomic E-state index is 0.00836. The van der Waals surface area contributed by atoms with Crippen LogP contribution in [0.5, 0.6) is 0 Å². The van der Waals surface area contributed by atoms with Crippen molar-refractivity contribution in [2.24, 2.45) is 9.98 Å². The van der Waals surface area contributed by atoms with E-state index in [0.29, 0.717) is 5.49 Å². The molecule has 1 aliphatic heterocycles. The maximum atomic E-state index is 11.4. The second-order valence-corrected chi connectivity index (χ2v) is 3.36. The Morgan fingerprint density at radius 2 is 1.93 bits per heavy atom. The molecule has 0 unspecified atom stereocenters. The van der Waals surface area contributed by atoms with Gasteiger partial charge < -0.3 is 5.73 Å². The van der Waals surface area contributed by atoms with Gasteiger partial charge in [0.2, 0.25) is 5.95 Å². The van der Waals surface area contributed by atoms with Crippen molar-refractivity contribution in [3.8, 4) is 0 Å². The van der Waals surface area contributed by atoms with Crippen molar-refractivity contribution in [2.75, 3.05) is 5.73 Å². The number of nitrogens with one attached hydrogen (secondary N) is 1. The number of anilines is 1. The number of nitrogen functional groups attached to an aromatic ring is 1. The van der Waals surface area contributed by atoms with Crippen LogP contribution in [0.15, 0.2) is 14.8 Å². The third-order valence-corrected chi connectivity index (χ3v) is 2.25. The summed E-state index contributed by atoms with van der Waals surface area (Å²) in [4.78, 5) is 26.2. The van der Waals surface area contributed by atoms with E-state index in [4.69, 9.17) is 5.73 Å². The van der Waals surface area contributed by atoms with Crippen LogP contribution in [0.25, 0.3) is 0 Å². The van der Waals surface area contributed by atoms with Crippen molar-refractivity contribution in [3.05, 3.63) is 21.2 Å². The molecule has 0 bridgehead atoms. The van der Waals surface area contributed by atoms with Crippen molar-refractivity contribution in [1.29, 1.82) is 0 Å². The molecule has 2 atom stereocenters. The Balaban J connectivity index is 2.86. The first-order valence-corrected chi connectivity index (χ1v) is 4.39. The van der Waals surface area contributed by atoms with Crippen LogP contribution in [0.2, 0.25) is 0 Å². The second kappa shape index (κ2) is 2.90. The molecule has 0 radical (unpaired) electrons. The van der Waals surface area contributed by atoms with Gasteiger partial charge in [-0.15, -0.1) is 0 Å². The van der Waals surface area contributed by atoms with Crippen molar-refractivity contribution < 1.29 is 0 Å². The van der Waals surface area contributed by atoms with E-state index in [-0.39, 0.29) is 28.9 Å². The molecule has 0 amide bonds. The van der Waals surface area contributed by atoms with Crippen LogP contribution in [0.3, 0.4) is 0 Å². The lowest BCUT2D eigenvalue weighted by atomic mass is 10.2. The molecule has 0 saturated heterocycles. The van der Waals surface area contributed by atoms with E-state index in [1.54, 1.807) is 0 Å². The van der Waals surface area contributed by atoms with E-state index in [9.17, 15) is 4.79 Å². The van der Waals surface area contributed by atoms with E-state index < -0.39 is 0 Å². The van der Waals surface area contributed by atoms with Gasteiger partial charge in [0.15, 0.2) is 10.8 Å². The van der Waals surface area contributed by atoms with E-state index in [0.717, 1.165) is 0 Å². The zero-order chi connectivity index (χ0) is 10.3. The molecule has 74 valence electrons. The molecule has 1 aromatic rings. The average Bonchev–Trinajstić information content (AvgIpc) is 2.08. The molecule has 6 heteroatoms. The smallest absolute Gasteiger partial charge is 0.280 e. The lowest BCUT2D eigenvalue weighted by Gasteiger charge is -2.13. The standard InChI is InChI=1S/C8H11N5O/c1-3-4(2)11-6-5(10-3)7(14)13-8(9)12-6/h3-4H,1-2H3,(H3,9,11,12,13,14)/t3-,4+/m0/s1. The van der Waals surface area contributed by atoms with E-state index in [2.05, 4.69) is 20.0 Å². The Hall–Kier alpha value is -1.72. The number of fused-ring (bicyclic) bond motifs is 1. The minimum Gasteiger partial charge on any atom is -0.369 e. The highest BCUT2D eigenvalue weighted by molar-refractivity contribution is 5.12. The predicted molar refractivity (Wildman–Crippen MR) is 50.5 cm³/mol. The molecule has 0 spiro atoms. The minimum atomic E-state index is -0.324. The summed E-state index contributed by atoms with van der Waals surface area (Å²) in [6.45, 7) is 3.84. The van der Waals surface area contributed by atoms with Crippen LogP contribution in [0.4, 0.5) is 5.95 Å². The van der Waals surface area contributed by atoms with Gasteiger partial charge in [-0.3, -0.25) is 19.8 Å². The highest BCUT2D eigenvalue weighted by Crippen LogP contribution is 2.01. The first kappa shape index (κ1) is 8.86. The quantitative estimate of drug-likeness (QED) is 0.518. The van der Waals surface area contributed by atoms with E-state index >= 15 is 0 Å². The summed E-state index contributed by atoms with van der Waals surface area (Å²) >= 11 is 0. The van der Waals surface area contributed by atoms with E-state index in [1.165, 1.54) is 0 Å². The summed E-state index contributed by atoms with van der Waals surface area (Å²) in [7, 11) is 0. The zero-order valence-corrected chi connectivity index (χ0v) is 7.98. The molecule has 0 saturated carbocycles. The predicted octanol–water partition coefficient (Wildman–Crippen LogP) is -1.62. The molecule has 0 fully saturated rings. The molecule has 0 aliphatic carbocycles. The normalized spacial score (nSPS) is 24.7. The number of rotatable bonds is 0. The van der Waals surface area contributed by atoms with Crippen LogP contribution in [-0.2, 0) is 0 Å². The Morgan fingerprint density at radius 1 is 1.29 bits per heavy atom. The van der Waals surface area contributed by atoms with Gasteiger partial charge in [-0.25, -0.2) is 0 Å². The molecule has 2 heterocycles. The lowest BCUT2D eigenvalue weighted by Crippen LogP contribution is -2.49. The number of hydrogen-bond acceptors (Lipinski definition) is 5. The number of H-pyrrole nitrogens is 1. The van der Waals surface area contributed by atoms with Gasteiger partial charge in [0, 0.05) is 0 Å². The third-order valence-electron chi connectivity index (χ3n) is 2.25. The summed E-state index contributed by atoms with van der Waals surface area (Å²) < 4.78 is 0. The Morgan fingerprint density at radius 3 is 2.64 bits per heavy atom. The van der Waals surface area contributed by atoms with Crippen molar-refractivity contribution in [1.82, 2.24) is 9.97 Å². The summed E-state index contributed by atoms with van der Waals surface area (Å²) in [5.74, 6) is 0.0782. The van der Waals surface area contributed by atoms with Crippen LogP contribution in [0.1, 0.15) is 13.8 Å². The fraction of sp³-hybridized carbons (Fsp3) is 0.500. The molecule has 0 aromatic carbocycles. The molecule has 3 N–H and O–H groups in total. The second-order valence-electron chi connectivity index (χ2n) is 3.36. The summed E-state index contributed by atoms with van der Waals surface area (Å²) in [5, 5.41) is 0.282. The molecule has 6 nitrogen and oxygen atoms in total. The van der Waals surface area contributed by atoms with E-state index in [1.807, 2.05) is 13.8 Å². The van der Waals surface area contributed by atoms with Crippen molar-refractivity contribution >= 4 is 5.95 Å². The number of aromatic amines is 1. The fourth-order valence-electron chi connectivity index (χ4n) is 1.29. The molecule has 14 heavy (non-hydrogen) atoms. The van der Waals surface area contributed by atoms with Gasteiger partial charge in [0.05, 0.1) is 12.1 Å². The molecule has 1 aliphatic rings. The topological polar surface area (TPSA) is 96.5 Å². The fourth-order valence-corrected chi connectivity index (χ4v) is 1.29. The van der Waals surface area contributed by atoms with Gasteiger partial charge in [-0.2, -0.15) is 4.98 Å². The van der Waals surface area contributed by atoms with Gasteiger partial charge in [-0.05, 0) is 13.8 Å². The molecular formula is C8H11N5O. The zero-order valence-electron chi connectivity index (χ0n) is 7.98. The van der Waals surface area contributed by atoms with Gasteiger partial charge in [0.25, 0.3) is 5.56 Å².